The molecule has 0 radical (unpaired) electrons. The first kappa shape index (κ1) is 10.6. The monoisotopic (exact) mass is 226 g/mol. The SMILES string of the molecule is Cc1cc(S(=O)(=O)O)cc2c1CCCC2. The van der Waals surface area contributed by atoms with Crippen LogP contribution in [0, 0.1) is 6.92 Å². The van der Waals surface area contributed by atoms with Gasteiger partial charge in [-0.05, 0) is 61.4 Å². The number of hydrogen-bond donors (Lipinski definition) is 1. The van der Waals surface area contributed by atoms with E-state index in [9.17, 15) is 8.42 Å². The van der Waals surface area contributed by atoms with E-state index in [1.165, 1.54) is 12.0 Å². The van der Waals surface area contributed by atoms with Crippen molar-refractivity contribution in [3.8, 4) is 0 Å². The average molecular weight is 226 g/mol. The number of aryl methyl sites for hydroxylation is 2. The smallest absolute Gasteiger partial charge is 0.282 e. The fraction of sp³-hybridized carbons (Fsp3) is 0.455. The summed E-state index contributed by atoms with van der Waals surface area (Å²) in [5, 5.41) is 0. The molecule has 0 aromatic heterocycles. The van der Waals surface area contributed by atoms with Gasteiger partial charge in [-0.15, -0.1) is 0 Å². The summed E-state index contributed by atoms with van der Waals surface area (Å²) < 4.78 is 31.0. The normalized spacial score (nSPS) is 16.1. The summed E-state index contributed by atoms with van der Waals surface area (Å²) in [6.45, 7) is 1.90. The van der Waals surface area contributed by atoms with E-state index in [0.717, 1.165) is 30.4 Å². The third kappa shape index (κ3) is 2.06. The Morgan fingerprint density at radius 3 is 2.53 bits per heavy atom. The quantitative estimate of drug-likeness (QED) is 0.746. The molecule has 2 rings (SSSR count). The van der Waals surface area contributed by atoms with Gasteiger partial charge in [0.05, 0.1) is 4.90 Å². The lowest BCUT2D eigenvalue weighted by Gasteiger charge is -2.18. The summed E-state index contributed by atoms with van der Waals surface area (Å²) in [7, 11) is -4.06. The molecule has 0 atom stereocenters. The molecular formula is C11H14O3S. The van der Waals surface area contributed by atoms with Gasteiger partial charge < -0.3 is 0 Å². The van der Waals surface area contributed by atoms with Crippen molar-refractivity contribution in [3.63, 3.8) is 0 Å². The van der Waals surface area contributed by atoms with Gasteiger partial charge in [-0.2, -0.15) is 8.42 Å². The van der Waals surface area contributed by atoms with Crippen LogP contribution in [-0.4, -0.2) is 13.0 Å². The van der Waals surface area contributed by atoms with Crippen molar-refractivity contribution in [1.82, 2.24) is 0 Å². The predicted octanol–water partition coefficient (Wildman–Crippen LogP) is 2.12. The van der Waals surface area contributed by atoms with Crippen LogP contribution in [0.25, 0.3) is 0 Å². The molecule has 0 aliphatic heterocycles. The lowest BCUT2D eigenvalue weighted by Crippen LogP contribution is -2.08. The Bertz CT molecular complexity index is 489. The van der Waals surface area contributed by atoms with Crippen LogP contribution >= 0.6 is 0 Å². The van der Waals surface area contributed by atoms with Gasteiger partial charge in [-0.25, -0.2) is 0 Å². The van der Waals surface area contributed by atoms with Crippen molar-refractivity contribution in [1.29, 1.82) is 0 Å². The highest BCUT2D eigenvalue weighted by molar-refractivity contribution is 7.85. The van der Waals surface area contributed by atoms with Crippen LogP contribution < -0.4 is 0 Å². The molecule has 0 saturated heterocycles. The lowest BCUT2D eigenvalue weighted by atomic mass is 9.89. The van der Waals surface area contributed by atoms with Crippen molar-refractivity contribution in [2.45, 2.75) is 37.5 Å². The molecule has 1 aromatic carbocycles. The van der Waals surface area contributed by atoms with Gasteiger partial charge in [-0.1, -0.05) is 0 Å². The molecule has 1 aliphatic rings. The van der Waals surface area contributed by atoms with Crippen molar-refractivity contribution in [3.05, 3.63) is 28.8 Å². The molecule has 15 heavy (non-hydrogen) atoms. The molecule has 0 saturated carbocycles. The molecule has 1 aliphatic carbocycles. The number of hydrogen-bond acceptors (Lipinski definition) is 2. The summed E-state index contributed by atoms with van der Waals surface area (Å²) in [5.74, 6) is 0. The van der Waals surface area contributed by atoms with Gasteiger partial charge in [0.1, 0.15) is 0 Å². The van der Waals surface area contributed by atoms with E-state index in [4.69, 9.17) is 4.55 Å². The van der Waals surface area contributed by atoms with Gasteiger partial charge in [0.2, 0.25) is 0 Å². The molecule has 1 aromatic rings. The molecule has 3 nitrogen and oxygen atoms in total. The fourth-order valence-electron chi connectivity index (χ4n) is 2.20. The second kappa shape index (κ2) is 3.61. The van der Waals surface area contributed by atoms with Crippen molar-refractivity contribution in [2.75, 3.05) is 0 Å². The third-order valence-electron chi connectivity index (χ3n) is 2.96. The summed E-state index contributed by atoms with van der Waals surface area (Å²) >= 11 is 0. The zero-order valence-electron chi connectivity index (χ0n) is 8.66. The van der Waals surface area contributed by atoms with E-state index in [2.05, 4.69) is 0 Å². The van der Waals surface area contributed by atoms with Crippen LogP contribution in [-0.2, 0) is 23.0 Å². The van der Waals surface area contributed by atoms with Gasteiger partial charge in [0.25, 0.3) is 10.1 Å². The Morgan fingerprint density at radius 2 is 1.87 bits per heavy atom. The van der Waals surface area contributed by atoms with Crippen molar-refractivity contribution >= 4 is 10.1 Å². The fourth-order valence-corrected chi connectivity index (χ4v) is 2.82. The van der Waals surface area contributed by atoms with Crippen molar-refractivity contribution in [2.24, 2.45) is 0 Å². The first-order valence-corrected chi connectivity index (χ1v) is 6.52. The molecule has 0 spiro atoms. The summed E-state index contributed by atoms with van der Waals surface area (Å²) in [6, 6.07) is 3.16. The summed E-state index contributed by atoms with van der Waals surface area (Å²) in [4.78, 5) is 0.0284. The molecule has 0 amide bonds. The first-order chi connectivity index (χ1) is 6.98. The van der Waals surface area contributed by atoms with Crippen molar-refractivity contribution < 1.29 is 13.0 Å². The molecule has 0 fully saturated rings. The number of fused-ring (bicyclic) bond motifs is 1. The van der Waals surface area contributed by atoms with Crippen LogP contribution in [0.4, 0.5) is 0 Å². The molecule has 1 N–H and O–H groups in total. The molecule has 0 heterocycles. The van der Waals surface area contributed by atoms with E-state index in [-0.39, 0.29) is 4.90 Å². The lowest BCUT2D eigenvalue weighted by molar-refractivity contribution is 0.482. The van der Waals surface area contributed by atoms with E-state index in [1.807, 2.05) is 6.92 Å². The Kier molecular flexibility index (Phi) is 2.56. The van der Waals surface area contributed by atoms with Gasteiger partial charge in [-0.3, -0.25) is 4.55 Å². The molecule has 4 heteroatoms. The maximum absolute atomic E-state index is 11.0. The van der Waals surface area contributed by atoms with E-state index >= 15 is 0 Å². The largest absolute Gasteiger partial charge is 0.294 e. The van der Waals surface area contributed by atoms with Gasteiger partial charge >= 0.3 is 0 Å². The average Bonchev–Trinajstić information content (AvgIpc) is 2.16. The van der Waals surface area contributed by atoms with Crippen LogP contribution in [0.15, 0.2) is 17.0 Å². The zero-order valence-corrected chi connectivity index (χ0v) is 9.47. The second-order valence-electron chi connectivity index (χ2n) is 4.06. The minimum absolute atomic E-state index is 0.0284. The Morgan fingerprint density at radius 1 is 1.20 bits per heavy atom. The highest BCUT2D eigenvalue weighted by Crippen LogP contribution is 2.27. The van der Waals surface area contributed by atoms with Crippen LogP contribution in [0.2, 0.25) is 0 Å². The zero-order chi connectivity index (χ0) is 11.1. The maximum Gasteiger partial charge on any atom is 0.294 e. The summed E-state index contributed by atoms with van der Waals surface area (Å²) in [6.07, 6.45) is 4.20. The standard InChI is InChI=1S/C11H14O3S/c1-8-6-10(15(12,13)14)7-9-4-2-3-5-11(8)9/h6-7H,2-5H2,1H3,(H,12,13,14). The van der Waals surface area contributed by atoms with Gasteiger partial charge in [0, 0.05) is 0 Å². The molecular weight excluding hydrogens is 212 g/mol. The second-order valence-corrected chi connectivity index (χ2v) is 5.48. The molecule has 0 unspecified atom stereocenters. The topological polar surface area (TPSA) is 54.4 Å². The number of benzene rings is 1. The van der Waals surface area contributed by atoms with E-state index < -0.39 is 10.1 Å². The number of rotatable bonds is 1. The maximum atomic E-state index is 11.0. The first-order valence-electron chi connectivity index (χ1n) is 5.08. The van der Waals surface area contributed by atoms with Crippen LogP contribution in [0.3, 0.4) is 0 Å². The van der Waals surface area contributed by atoms with Gasteiger partial charge in [0.15, 0.2) is 0 Å². The Balaban J connectivity index is 2.60. The molecule has 82 valence electrons. The Labute approximate surface area is 89.9 Å². The van der Waals surface area contributed by atoms with Crippen LogP contribution in [0.5, 0.6) is 0 Å². The highest BCUT2D eigenvalue weighted by Gasteiger charge is 2.17. The summed E-state index contributed by atoms with van der Waals surface area (Å²) in [5.41, 5.74) is 3.31. The van der Waals surface area contributed by atoms with E-state index in [1.54, 1.807) is 12.1 Å². The third-order valence-corrected chi connectivity index (χ3v) is 3.79. The minimum Gasteiger partial charge on any atom is -0.282 e. The van der Waals surface area contributed by atoms with Crippen LogP contribution in [0.1, 0.15) is 29.5 Å². The highest BCUT2D eigenvalue weighted by atomic mass is 32.2. The Hall–Kier alpha value is -0.870. The minimum atomic E-state index is -4.06. The molecule has 0 bridgehead atoms. The predicted molar refractivity (Wildman–Crippen MR) is 57.6 cm³/mol. The van der Waals surface area contributed by atoms with E-state index in [0.29, 0.717) is 0 Å².